The third kappa shape index (κ3) is 10.5. The molecule has 0 aromatic rings. The van der Waals surface area contributed by atoms with Crippen LogP contribution >= 0.6 is 0 Å². The van der Waals surface area contributed by atoms with E-state index in [-0.39, 0.29) is 13.2 Å². The normalized spacial score (nSPS) is 14.8. The van der Waals surface area contributed by atoms with Gasteiger partial charge in [-0.3, -0.25) is 19.2 Å². The highest BCUT2D eigenvalue weighted by Gasteiger charge is 2.38. The molecule has 0 aliphatic heterocycles. The lowest BCUT2D eigenvalue weighted by molar-refractivity contribution is -0.192. The fourth-order valence-electron chi connectivity index (χ4n) is 1.81. The Labute approximate surface area is 192 Å². The van der Waals surface area contributed by atoms with E-state index < -0.39 is 57.7 Å². The first kappa shape index (κ1) is 29.9. The number of esters is 4. The van der Waals surface area contributed by atoms with Gasteiger partial charge in [0.05, 0.1) is 21.7 Å². The second kappa shape index (κ2) is 10.7. The Morgan fingerprint density at radius 3 is 0.875 bits per heavy atom. The summed E-state index contributed by atoms with van der Waals surface area (Å²) in [5.74, 6) is -2.18. The molecule has 0 aromatic carbocycles. The second-order valence-corrected chi connectivity index (χ2v) is 12.1. The second-order valence-electron chi connectivity index (χ2n) is 12.1. The molecule has 0 saturated carbocycles. The summed E-state index contributed by atoms with van der Waals surface area (Å²) >= 11 is 0. The molecule has 32 heavy (non-hydrogen) atoms. The maximum absolute atomic E-state index is 12.6. The topological polar surface area (TPSA) is 105 Å². The molecule has 0 aliphatic carbocycles. The van der Waals surface area contributed by atoms with Crippen molar-refractivity contribution in [3.63, 3.8) is 0 Å². The molecule has 0 radical (unpaired) electrons. The van der Waals surface area contributed by atoms with Crippen molar-refractivity contribution in [2.24, 2.45) is 21.7 Å². The lowest BCUT2D eigenvalue weighted by Gasteiger charge is -2.31. The van der Waals surface area contributed by atoms with Crippen molar-refractivity contribution in [3.8, 4) is 0 Å². The first-order valence-corrected chi connectivity index (χ1v) is 10.8. The van der Waals surface area contributed by atoms with Crippen molar-refractivity contribution < 1.29 is 38.1 Å². The smallest absolute Gasteiger partial charge is 0.311 e. The Balaban J connectivity index is 5.91. The number of rotatable bonds is 7. The summed E-state index contributed by atoms with van der Waals surface area (Å²) in [5.41, 5.74) is -3.27. The number of carbonyl (C=O) groups excluding carboxylic acids is 4. The number of hydrogen-bond acceptors (Lipinski definition) is 8. The van der Waals surface area contributed by atoms with Gasteiger partial charge >= 0.3 is 23.9 Å². The summed E-state index contributed by atoms with van der Waals surface area (Å²) in [6, 6.07) is 0. The maximum Gasteiger partial charge on any atom is 0.311 e. The Morgan fingerprint density at radius 2 is 0.688 bits per heavy atom. The van der Waals surface area contributed by atoms with Gasteiger partial charge < -0.3 is 18.9 Å². The molecule has 0 heterocycles. The molecule has 2 unspecified atom stereocenters. The summed E-state index contributed by atoms with van der Waals surface area (Å²) in [5, 5.41) is 0. The SMILES string of the molecule is CC(C)(C)C(=O)OCC(OC(=O)C(C)(C)C)C(COC(=O)C(C)(C)C)OC(=O)C(C)(C)C. The molecule has 0 spiro atoms. The minimum absolute atomic E-state index is 0.354. The highest BCUT2D eigenvalue weighted by molar-refractivity contribution is 5.78. The molecular formula is C24H42O8. The summed E-state index contributed by atoms with van der Waals surface area (Å²) in [6.07, 6.45) is -2.32. The Morgan fingerprint density at radius 1 is 0.469 bits per heavy atom. The predicted molar refractivity (Wildman–Crippen MR) is 119 cm³/mol. The minimum atomic E-state index is -1.16. The largest absolute Gasteiger partial charge is 0.461 e. The van der Waals surface area contributed by atoms with E-state index in [9.17, 15) is 19.2 Å². The molecule has 186 valence electrons. The summed E-state index contributed by atoms with van der Waals surface area (Å²) in [4.78, 5) is 49.8. The Hall–Kier alpha value is -2.12. The monoisotopic (exact) mass is 458 g/mol. The molecule has 0 amide bonds. The van der Waals surface area contributed by atoms with E-state index in [0.29, 0.717) is 0 Å². The third-order valence-electron chi connectivity index (χ3n) is 4.14. The van der Waals surface area contributed by atoms with Gasteiger partial charge in [-0.25, -0.2) is 0 Å². The van der Waals surface area contributed by atoms with Crippen molar-refractivity contribution in [1.29, 1.82) is 0 Å². The van der Waals surface area contributed by atoms with Gasteiger partial charge in [0.2, 0.25) is 0 Å². The van der Waals surface area contributed by atoms with Gasteiger partial charge in [0.15, 0.2) is 12.2 Å². The van der Waals surface area contributed by atoms with Crippen LogP contribution in [0.5, 0.6) is 0 Å². The van der Waals surface area contributed by atoms with Crippen LogP contribution in [0.3, 0.4) is 0 Å². The molecule has 2 atom stereocenters. The lowest BCUT2D eigenvalue weighted by atomic mass is 9.96. The van der Waals surface area contributed by atoms with Gasteiger partial charge in [0, 0.05) is 0 Å². The van der Waals surface area contributed by atoms with Gasteiger partial charge in [0.25, 0.3) is 0 Å². The van der Waals surface area contributed by atoms with Crippen LogP contribution in [-0.4, -0.2) is 49.3 Å². The molecule has 0 aliphatic rings. The lowest BCUT2D eigenvalue weighted by Crippen LogP contribution is -2.46. The van der Waals surface area contributed by atoms with E-state index in [2.05, 4.69) is 0 Å². The van der Waals surface area contributed by atoms with Gasteiger partial charge in [-0.2, -0.15) is 0 Å². The zero-order valence-electron chi connectivity index (χ0n) is 21.8. The maximum atomic E-state index is 12.6. The highest BCUT2D eigenvalue weighted by atomic mass is 16.6. The quantitative estimate of drug-likeness (QED) is 0.415. The fraction of sp³-hybridized carbons (Fsp3) is 0.833. The van der Waals surface area contributed by atoms with Crippen molar-refractivity contribution in [2.45, 2.75) is 95.3 Å². The first-order chi connectivity index (χ1) is 14.1. The molecule has 0 bridgehead atoms. The molecule has 0 N–H and O–H groups in total. The van der Waals surface area contributed by atoms with E-state index >= 15 is 0 Å². The van der Waals surface area contributed by atoms with Gasteiger partial charge in [0.1, 0.15) is 13.2 Å². The Bertz CT molecular complexity index is 621. The van der Waals surface area contributed by atoms with E-state index in [4.69, 9.17) is 18.9 Å². The van der Waals surface area contributed by atoms with Crippen LogP contribution in [0.15, 0.2) is 0 Å². The van der Waals surface area contributed by atoms with Crippen LogP contribution in [-0.2, 0) is 38.1 Å². The predicted octanol–water partition coefficient (Wildman–Crippen LogP) is 4.08. The molecule has 8 nitrogen and oxygen atoms in total. The third-order valence-corrected chi connectivity index (χ3v) is 4.14. The molecule has 0 fully saturated rings. The summed E-state index contributed by atoms with van der Waals surface area (Å²) in [6.45, 7) is 19.4. The fourth-order valence-corrected chi connectivity index (χ4v) is 1.81. The molecule has 0 rings (SSSR count). The van der Waals surface area contributed by atoms with E-state index in [1.807, 2.05) is 0 Å². The van der Waals surface area contributed by atoms with Gasteiger partial charge in [-0.05, 0) is 83.1 Å². The van der Waals surface area contributed by atoms with Crippen molar-refractivity contribution in [2.75, 3.05) is 13.2 Å². The molecule has 0 saturated heterocycles. The van der Waals surface area contributed by atoms with Crippen LogP contribution in [0.4, 0.5) is 0 Å². The minimum Gasteiger partial charge on any atom is -0.461 e. The first-order valence-electron chi connectivity index (χ1n) is 10.8. The van der Waals surface area contributed by atoms with Crippen LogP contribution in [0.2, 0.25) is 0 Å². The van der Waals surface area contributed by atoms with Crippen molar-refractivity contribution in [1.82, 2.24) is 0 Å². The van der Waals surface area contributed by atoms with Crippen molar-refractivity contribution in [3.05, 3.63) is 0 Å². The number of hydrogen-bond donors (Lipinski definition) is 0. The van der Waals surface area contributed by atoms with E-state index in [1.165, 1.54) is 0 Å². The Kier molecular flexibility index (Phi) is 9.96. The van der Waals surface area contributed by atoms with Crippen LogP contribution in [0, 0.1) is 21.7 Å². The van der Waals surface area contributed by atoms with Crippen LogP contribution in [0.1, 0.15) is 83.1 Å². The standard InChI is InChI=1S/C24H42O8/c1-21(2,3)17(25)29-13-15(31-19(27)23(7,8)9)16(32-20(28)24(10,11)12)14-30-18(26)22(4,5)6/h15-16H,13-14H2,1-12H3. The summed E-state index contributed by atoms with van der Waals surface area (Å²) < 4.78 is 21.9. The van der Waals surface area contributed by atoms with Crippen LogP contribution < -0.4 is 0 Å². The number of carbonyl (C=O) groups is 4. The van der Waals surface area contributed by atoms with E-state index in [0.717, 1.165) is 0 Å². The van der Waals surface area contributed by atoms with Gasteiger partial charge in [-0.15, -0.1) is 0 Å². The molecule has 8 heteroatoms. The van der Waals surface area contributed by atoms with Crippen molar-refractivity contribution >= 4 is 23.9 Å². The number of ether oxygens (including phenoxy) is 4. The zero-order valence-corrected chi connectivity index (χ0v) is 21.8. The molecule has 0 aromatic heterocycles. The highest BCUT2D eigenvalue weighted by Crippen LogP contribution is 2.24. The average Bonchev–Trinajstić information content (AvgIpc) is 2.57. The zero-order chi connectivity index (χ0) is 25.7. The van der Waals surface area contributed by atoms with E-state index in [1.54, 1.807) is 83.1 Å². The molecular weight excluding hydrogens is 416 g/mol. The van der Waals surface area contributed by atoms with Gasteiger partial charge in [-0.1, -0.05) is 0 Å². The van der Waals surface area contributed by atoms with Crippen LogP contribution in [0.25, 0.3) is 0 Å². The summed E-state index contributed by atoms with van der Waals surface area (Å²) in [7, 11) is 0. The average molecular weight is 459 g/mol.